The summed E-state index contributed by atoms with van der Waals surface area (Å²) in [4.78, 5) is 0. The molecule has 0 saturated carbocycles. The fourth-order valence-corrected chi connectivity index (χ4v) is 0.404. The molecule has 0 rings (SSSR count). The molecular formula is C10H10O. The fourth-order valence-electron chi connectivity index (χ4n) is 0.404. The average Bonchev–Trinajstić information content (AvgIpc) is 2.03. The minimum atomic E-state index is 0.0963. The maximum Gasteiger partial charge on any atom is 0.0540 e. The molecule has 0 aliphatic rings. The van der Waals surface area contributed by atoms with Crippen molar-refractivity contribution in [1.29, 1.82) is 0 Å². The molecule has 0 unspecified atom stereocenters. The zero-order valence-corrected chi connectivity index (χ0v) is 6.35. The highest BCUT2D eigenvalue weighted by Gasteiger charge is 1.70. The number of unbranched alkanes of at least 4 members (excludes halogenated alkanes) is 1. The van der Waals surface area contributed by atoms with E-state index < -0.39 is 0 Å². The van der Waals surface area contributed by atoms with E-state index in [1.807, 2.05) is 0 Å². The monoisotopic (exact) mass is 146 g/mol. The van der Waals surface area contributed by atoms with Gasteiger partial charge in [0.1, 0.15) is 0 Å². The SMILES string of the molecule is C#CCCC#CC#CCCO. The van der Waals surface area contributed by atoms with Crippen molar-refractivity contribution in [3.8, 4) is 36.0 Å². The molecule has 0 fully saturated rings. The Kier molecular flexibility index (Phi) is 7.57. The molecular weight excluding hydrogens is 136 g/mol. The summed E-state index contributed by atoms with van der Waals surface area (Å²) in [6.45, 7) is 0.0963. The van der Waals surface area contributed by atoms with Crippen molar-refractivity contribution in [2.75, 3.05) is 6.61 Å². The smallest absolute Gasteiger partial charge is 0.0540 e. The van der Waals surface area contributed by atoms with Crippen LogP contribution in [-0.2, 0) is 0 Å². The van der Waals surface area contributed by atoms with Gasteiger partial charge in [0.25, 0.3) is 0 Å². The molecule has 0 saturated heterocycles. The second kappa shape index (κ2) is 8.64. The topological polar surface area (TPSA) is 20.2 Å². The summed E-state index contributed by atoms with van der Waals surface area (Å²) in [6.07, 6.45) is 6.87. The van der Waals surface area contributed by atoms with E-state index in [4.69, 9.17) is 11.5 Å². The normalized spacial score (nSPS) is 6.55. The van der Waals surface area contributed by atoms with Gasteiger partial charge in [-0.05, 0) is 11.8 Å². The van der Waals surface area contributed by atoms with E-state index >= 15 is 0 Å². The van der Waals surface area contributed by atoms with Crippen LogP contribution < -0.4 is 0 Å². The van der Waals surface area contributed by atoms with E-state index in [0.29, 0.717) is 19.3 Å². The Morgan fingerprint density at radius 1 is 1.00 bits per heavy atom. The van der Waals surface area contributed by atoms with Crippen LogP contribution >= 0.6 is 0 Å². The van der Waals surface area contributed by atoms with Crippen LogP contribution in [0, 0.1) is 36.0 Å². The van der Waals surface area contributed by atoms with Gasteiger partial charge in [-0.15, -0.1) is 12.3 Å². The first-order valence-corrected chi connectivity index (χ1v) is 3.42. The number of rotatable bonds is 2. The van der Waals surface area contributed by atoms with Crippen LogP contribution in [0.25, 0.3) is 0 Å². The first-order chi connectivity index (χ1) is 5.41. The van der Waals surface area contributed by atoms with Crippen molar-refractivity contribution in [3.63, 3.8) is 0 Å². The van der Waals surface area contributed by atoms with Crippen LogP contribution in [-0.4, -0.2) is 11.7 Å². The van der Waals surface area contributed by atoms with E-state index in [-0.39, 0.29) is 6.61 Å². The Morgan fingerprint density at radius 2 is 1.64 bits per heavy atom. The van der Waals surface area contributed by atoms with Crippen molar-refractivity contribution in [2.24, 2.45) is 0 Å². The van der Waals surface area contributed by atoms with Crippen LogP contribution in [0.1, 0.15) is 19.3 Å². The lowest BCUT2D eigenvalue weighted by Crippen LogP contribution is -1.74. The lowest BCUT2D eigenvalue weighted by molar-refractivity contribution is 0.305. The first kappa shape index (κ1) is 9.64. The van der Waals surface area contributed by atoms with Gasteiger partial charge in [-0.25, -0.2) is 0 Å². The van der Waals surface area contributed by atoms with Crippen LogP contribution in [0.4, 0.5) is 0 Å². The lowest BCUT2D eigenvalue weighted by Gasteiger charge is -1.74. The molecule has 0 aliphatic heterocycles. The van der Waals surface area contributed by atoms with Gasteiger partial charge >= 0.3 is 0 Å². The molecule has 56 valence electrons. The van der Waals surface area contributed by atoms with Gasteiger partial charge in [0.15, 0.2) is 0 Å². The number of terminal acetylenes is 1. The van der Waals surface area contributed by atoms with Crippen molar-refractivity contribution in [1.82, 2.24) is 0 Å². The number of hydrogen-bond donors (Lipinski definition) is 1. The molecule has 0 aliphatic carbocycles. The molecule has 0 aromatic heterocycles. The Morgan fingerprint density at radius 3 is 2.18 bits per heavy atom. The molecule has 0 heterocycles. The first-order valence-electron chi connectivity index (χ1n) is 3.42. The van der Waals surface area contributed by atoms with Gasteiger partial charge in [-0.3, -0.25) is 0 Å². The summed E-state index contributed by atoms with van der Waals surface area (Å²) >= 11 is 0. The Balaban J connectivity index is 3.42. The van der Waals surface area contributed by atoms with E-state index in [0.717, 1.165) is 0 Å². The zero-order valence-electron chi connectivity index (χ0n) is 6.35. The zero-order chi connectivity index (χ0) is 8.36. The van der Waals surface area contributed by atoms with E-state index in [9.17, 15) is 0 Å². The largest absolute Gasteiger partial charge is 0.395 e. The molecule has 11 heavy (non-hydrogen) atoms. The minimum absolute atomic E-state index is 0.0963. The Labute approximate surface area is 67.8 Å². The molecule has 0 aromatic carbocycles. The van der Waals surface area contributed by atoms with E-state index in [2.05, 4.69) is 29.6 Å². The van der Waals surface area contributed by atoms with Crippen LogP contribution in [0.3, 0.4) is 0 Å². The lowest BCUT2D eigenvalue weighted by atomic mass is 10.3. The molecule has 0 spiro atoms. The maximum atomic E-state index is 8.33. The minimum Gasteiger partial charge on any atom is -0.395 e. The van der Waals surface area contributed by atoms with Gasteiger partial charge in [-0.1, -0.05) is 11.8 Å². The summed E-state index contributed by atoms with van der Waals surface area (Å²) in [7, 11) is 0. The van der Waals surface area contributed by atoms with Crippen molar-refractivity contribution < 1.29 is 5.11 Å². The molecule has 0 radical (unpaired) electrons. The summed E-state index contributed by atoms with van der Waals surface area (Å²) in [5.74, 6) is 13.2. The molecule has 0 bridgehead atoms. The molecule has 0 atom stereocenters. The Bertz CT molecular complexity index is 236. The summed E-state index contributed by atoms with van der Waals surface area (Å²) in [5.41, 5.74) is 0. The highest BCUT2D eigenvalue weighted by molar-refractivity contribution is 5.25. The fraction of sp³-hybridized carbons (Fsp3) is 0.400. The van der Waals surface area contributed by atoms with Crippen molar-refractivity contribution in [2.45, 2.75) is 19.3 Å². The van der Waals surface area contributed by atoms with Crippen molar-refractivity contribution >= 4 is 0 Å². The third-order valence-corrected chi connectivity index (χ3v) is 0.870. The van der Waals surface area contributed by atoms with Crippen LogP contribution in [0.5, 0.6) is 0 Å². The molecule has 1 heteroatoms. The third-order valence-electron chi connectivity index (χ3n) is 0.870. The van der Waals surface area contributed by atoms with Crippen molar-refractivity contribution in [3.05, 3.63) is 0 Å². The second-order valence-electron chi connectivity index (χ2n) is 1.78. The standard InChI is InChI=1S/C10H10O/c1-2-3-4-5-6-7-8-9-10-11/h1,11H,3-4,9-10H2. The highest BCUT2D eigenvalue weighted by atomic mass is 16.2. The Hall–Kier alpha value is -1.36. The van der Waals surface area contributed by atoms with Gasteiger partial charge < -0.3 is 5.11 Å². The van der Waals surface area contributed by atoms with E-state index in [1.54, 1.807) is 0 Å². The van der Waals surface area contributed by atoms with E-state index in [1.165, 1.54) is 0 Å². The summed E-state index contributed by atoms with van der Waals surface area (Å²) < 4.78 is 0. The molecule has 0 amide bonds. The van der Waals surface area contributed by atoms with Gasteiger partial charge in [0.2, 0.25) is 0 Å². The van der Waals surface area contributed by atoms with Gasteiger partial charge in [0.05, 0.1) is 6.61 Å². The molecule has 1 nitrogen and oxygen atoms in total. The third kappa shape index (κ3) is 8.64. The molecule has 1 N–H and O–H groups in total. The quantitative estimate of drug-likeness (QED) is 0.451. The number of hydrogen-bond acceptors (Lipinski definition) is 1. The highest BCUT2D eigenvalue weighted by Crippen LogP contribution is 1.80. The van der Waals surface area contributed by atoms with Crippen LogP contribution in [0.15, 0.2) is 0 Å². The summed E-state index contributed by atoms with van der Waals surface area (Å²) in [5, 5.41) is 8.33. The number of aliphatic hydroxyl groups excluding tert-OH is 1. The average molecular weight is 146 g/mol. The second-order valence-corrected chi connectivity index (χ2v) is 1.78. The van der Waals surface area contributed by atoms with Gasteiger partial charge in [0, 0.05) is 19.3 Å². The molecule has 0 aromatic rings. The number of aliphatic hydroxyl groups is 1. The van der Waals surface area contributed by atoms with Crippen LogP contribution in [0.2, 0.25) is 0 Å². The predicted octanol–water partition coefficient (Wildman–Crippen LogP) is 0.789. The summed E-state index contributed by atoms with van der Waals surface area (Å²) in [6, 6.07) is 0. The van der Waals surface area contributed by atoms with Gasteiger partial charge in [-0.2, -0.15) is 0 Å². The predicted molar refractivity (Wildman–Crippen MR) is 45.3 cm³/mol. The maximum absolute atomic E-state index is 8.33.